The van der Waals surface area contributed by atoms with Gasteiger partial charge in [0.15, 0.2) is 10.1 Å². The van der Waals surface area contributed by atoms with E-state index in [2.05, 4.69) is 15.3 Å². The highest BCUT2D eigenvalue weighted by Crippen LogP contribution is 2.27. The summed E-state index contributed by atoms with van der Waals surface area (Å²) in [5.74, 6) is -0.604. The van der Waals surface area contributed by atoms with E-state index in [0.29, 0.717) is 23.1 Å². The van der Waals surface area contributed by atoms with Gasteiger partial charge in [0.1, 0.15) is 11.4 Å². The normalized spacial score (nSPS) is 11.0. The lowest BCUT2D eigenvalue weighted by Gasteiger charge is -2.00. The number of aromatic nitrogens is 3. The van der Waals surface area contributed by atoms with Crippen LogP contribution in [0.4, 0.5) is 5.13 Å². The zero-order valence-electron chi connectivity index (χ0n) is 14.2. The second-order valence-electron chi connectivity index (χ2n) is 5.46. The third-order valence-electron chi connectivity index (χ3n) is 3.62. The lowest BCUT2D eigenvalue weighted by atomic mass is 10.3. The number of hydrogen-bond acceptors (Lipinski definition) is 8. The molecule has 0 aliphatic heterocycles. The zero-order valence-corrected chi connectivity index (χ0v) is 16.6. The third kappa shape index (κ3) is 3.77. The van der Waals surface area contributed by atoms with Gasteiger partial charge in [-0.1, -0.05) is 6.07 Å². The van der Waals surface area contributed by atoms with E-state index in [1.54, 1.807) is 33.4 Å². The maximum Gasteiger partial charge on any atom is 0.311 e. The first-order chi connectivity index (χ1) is 13.1. The number of thiophene rings is 1. The number of fused-ring (bicyclic) bond motifs is 1. The first-order valence-corrected chi connectivity index (χ1v) is 10.7. The molecular formula is C17H14N4O3S3. The first kappa shape index (κ1) is 17.8. The van der Waals surface area contributed by atoms with Crippen molar-refractivity contribution in [3.05, 3.63) is 45.9 Å². The summed E-state index contributed by atoms with van der Waals surface area (Å²) in [5, 5.41) is 8.72. The minimum absolute atomic E-state index is 0.0919. The molecule has 27 heavy (non-hydrogen) atoms. The fourth-order valence-corrected chi connectivity index (χ4v) is 4.70. The molecule has 0 spiro atoms. The molecule has 4 aromatic heterocycles. The number of anilines is 1. The molecule has 0 radical (unpaired) electrons. The number of esters is 1. The standard InChI is InChI=1S/C17H14N4O3S3/c1-2-24-14(22)6-10-8-26-16(18-10)20-15(23)12-9-27-17-19-11(7-21(12)17)13-4-3-5-25-13/h3-5,7-9H,2,6H2,1H3,(H,18,20,23). The second kappa shape index (κ2) is 7.59. The van der Waals surface area contributed by atoms with Crippen molar-refractivity contribution >= 4 is 56.0 Å². The van der Waals surface area contributed by atoms with Crippen LogP contribution in [0, 0.1) is 0 Å². The van der Waals surface area contributed by atoms with Crippen LogP contribution in [0.25, 0.3) is 15.5 Å². The van der Waals surface area contributed by atoms with Crippen LogP contribution in [0.1, 0.15) is 23.1 Å². The molecule has 0 aliphatic carbocycles. The van der Waals surface area contributed by atoms with E-state index < -0.39 is 0 Å². The zero-order chi connectivity index (χ0) is 18.8. The monoisotopic (exact) mass is 418 g/mol. The van der Waals surface area contributed by atoms with Crippen molar-refractivity contribution in [1.82, 2.24) is 14.4 Å². The molecule has 0 unspecified atom stereocenters. The van der Waals surface area contributed by atoms with E-state index in [4.69, 9.17) is 4.74 Å². The summed E-state index contributed by atoms with van der Waals surface area (Å²) in [4.78, 5) is 34.8. The molecule has 0 aromatic carbocycles. The SMILES string of the molecule is CCOC(=O)Cc1csc(NC(=O)c2csc3nc(-c4cccs4)cn23)n1. The lowest BCUT2D eigenvalue weighted by Crippen LogP contribution is -2.14. The van der Waals surface area contributed by atoms with Gasteiger partial charge < -0.3 is 4.74 Å². The number of carbonyl (C=O) groups excluding carboxylic acids is 2. The number of rotatable bonds is 6. The Labute approximate surface area is 166 Å². The van der Waals surface area contributed by atoms with Crippen LogP contribution in [0.2, 0.25) is 0 Å². The first-order valence-electron chi connectivity index (χ1n) is 8.06. The molecular weight excluding hydrogens is 404 g/mol. The number of carbonyl (C=O) groups is 2. The fourth-order valence-electron chi connectivity index (χ4n) is 2.46. The lowest BCUT2D eigenvalue weighted by molar-refractivity contribution is -0.142. The largest absolute Gasteiger partial charge is 0.466 e. The van der Waals surface area contributed by atoms with Crippen molar-refractivity contribution < 1.29 is 14.3 Å². The molecule has 4 aromatic rings. The van der Waals surface area contributed by atoms with Crippen LogP contribution in [-0.2, 0) is 16.0 Å². The minimum atomic E-state index is -0.334. The van der Waals surface area contributed by atoms with E-state index in [-0.39, 0.29) is 18.3 Å². The maximum atomic E-state index is 12.6. The van der Waals surface area contributed by atoms with Crippen LogP contribution in [0.5, 0.6) is 0 Å². The summed E-state index contributed by atoms with van der Waals surface area (Å²) >= 11 is 4.29. The predicted molar refractivity (Wildman–Crippen MR) is 107 cm³/mol. The number of imidazole rings is 1. The molecule has 0 saturated carbocycles. The maximum absolute atomic E-state index is 12.6. The van der Waals surface area contributed by atoms with Gasteiger partial charge in [-0.05, 0) is 18.4 Å². The Morgan fingerprint density at radius 2 is 2.11 bits per heavy atom. The molecule has 4 rings (SSSR count). The molecule has 0 fully saturated rings. The number of thiazole rings is 2. The summed E-state index contributed by atoms with van der Waals surface area (Å²) in [7, 11) is 0. The van der Waals surface area contributed by atoms with E-state index in [0.717, 1.165) is 15.5 Å². The average molecular weight is 419 g/mol. The molecule has 0 aliphatic rings. The van der Waals surface area contributed by atoms with E-state index in [9.17, 15) is 9.59 Å². The van der Waals surface area contributed by atoms with Gasteiger partial charge in [-0.2, -0.15) is 0 Å². The van der Waals surface area contributed by atoms with Crippen LogP contribution in [0.15, 0.2) is 34.5 Å². The van der Waals surface area contributed by atoms with Crippen LogP contribution < -0.4 is 5.32 Å². The molecule has 0 saturated heterocycles. The third-order valence-corrected chi connectivity index (χ3v) is 6.16. The highest BCUT2D eigenvalue weighted by Gasteiger charge is 2.17. The summed E-state index contributed by atoms with van der Waals surface area (Å²) in [6, 6.07) is 3.97. The topological polar surface area (TPSA) is 85.6 Å². The summed E-state index contributed by atoms with van der Waals surface area (Å²) in [5.41, 5.74) is 1.91. The second-order valence-corrected chi connectivity index (χ2v) is 8.10. The van der Waals surface area contributed by atoms with Crippen LogP contribution >= 0.6 is 34.0 Å². The Kier molecular flexibility index (Phi) is 5.01. The molecule has 0 atom stereocenters. The smallest absolute Gasteiger partial charge is 0.311 e. The van der Waals surface area contributed by atoms with Gasteiger partial charge in [-0.3, -0.25) is 19.3 Å². The van der Waals surface area contributed by atoms with Gasteiger partial charge in [0.05, 0.1) is 23.6 Å². The van der Waals surface area contributed by atoms with Crippen molar-refractivity contribution in [2.45, 2.75) is 13.3 Å². The van der Waals surface area contributed by atoms with Crippen LogP contribution in [0.3, 0.4) is 0 Å². The number of hydrogen-bond donors (Lipinski definition) is 1. The predicted octanol–water partition coefficient (Wildman–Crippen LogP) is 3.94. The van der Waals surface area contributed by atoms with E-state index in [1.165, 1.54) is 22.7 Å². The molecule has 1 amide bonds. The van der Waals surface area contributed by atoms with Crippen LogP contribution in [-0.4, -0.2) is 32.9 Å². The molecule has 7 nitrogen and oxygen atoms in total. The van der Waals surface area contributed by atoms with Crippen molar-refractivity contribution in [1.29, 1.82) is 0 Å². The quantitative estimate of drug-likeness (QED) is 0.480. The van der Waals surface area contributed by atoms with Gasteiger partial charge in [-0.25, -0.2) is 9.97 Å². The Morgan fingerprint density at radius 3 is 2.89 bits per heavy atom. The van der Waals surface area contributed by atoms with E-state index >= 15 is 0 Å². The molecule has 0 bridgehead atoms. The van der Waals surface area contributed by atoms with Gasteiger partial charge >= 0.3 is 5.97 Å². The number of nitrogens with one attached hydrogen (secondary N) is 1. The molecule has 1 N–H and O–H groups in total. The molecule has 4 heterocycles. The minimum Gasteiger partial charge on any atom is -0.466 e. The van der Waals surface area contributed by atoms with Crippen molar-refractivity contribution in [2.75, 3.05) is 11.9 Å². The summed E-state index contributed by atoms with van der Waals surface area (Å²) < 4.78 is 6.69. The fraction of sp³-hybridized carbons (Fsp3) is 0.176. The highest BCUT2D eigenvalue weighted by molar-refractivity contribution is 7.15. The Bertz CT molecular complexity index is 1090. The van der Waals surface area contributed by atoms with Gasteiger partial charge in [0.2, 0.25) is 0 Å². The number of nitrogens with zero attached hydrogens (tertiary/aromatic N) is 3. The van der Waals surface area contributed by atoms with Gasteiger partial charge in [0.25, 0.3) is 5.91 Å². The van der Waals surface area contributed by atoms with Gasteiger partial charge in [-0.15, -0.1) is 34.0 Å². The number of ether oxygens (including phenoxy) is 1. The number of amides is 1. The van der Waals surface area contributed by atoms with Crippen molar-refractivity contribution in [3.8, 4) is 10.6 Å². The van der Waals surface area contributed by atoms with Crippen molar-refractivity contribution in [2.24, 2.45) is 0 Å². The average Bonchev–Trinajstić information content (AvgIpc) is 3.39. The Hall–Kier alpha value is -2.56. The summed E-state index contributed by atoms with van der Waals surface area (Å²) in [6.45, 7) is 2.09. The Morgan fingerprint density at radius 1 is 1.22 bits per heavy atom. The van der Waals surface area contributed by atoms with E-state index in [1.807, 2.05) is 23.7 Å². The van der Waals surface area contributed by atoms with Gasteiger partial charge in [0, 0.05) is 17.0 Å². The molecule has 10 heteroatoms. The summed E-state index contributed by atoms with van der Waals surface area (Å²) in [6.07, 6.45) is 1.95. The van der Waals surface area contributed by atoms with Crippen molar-refractivity contribution in [3.63, 3.8) is 0 Å². The highest BCUT2D eigenvalue weighted by atomic mass is 32.1. The molecule has 138 valence electrons. The Balaban J connectivity index is 1.50.